The maximum absolute atomic E-state index is 8.91. The van der Waals surface area contributed by atoms with Crippen molar-refractivity contribution < 1.29 is 27.5 Å². The van der Waals surface area contributed by atoms with Crippen LogP contribution in [0.15, 0.2) is 0 Å². The predicted octanol–water partition coefficient (Wildman–Crippen LogP) is -2.20. The Kier molecular flexibility index (Phi) is 2.39. The fraction of sp³-hybridized carbons (Fsp3) is 0. The molecule has 0 atom stereocenters. The van der Waals surface area contributed by atoms with E-state index in [4.69, 9.17) is 10.4 Å². The van der Waals surface area contributed by atoms with E-state index in [-0.39, 0.29) is 28.7 Å². The standard InChI is InChI=1S/C2H2N8O2.Fe/c11-9-1(3-5-7-9)2-4-6-8-10(2)12;/h11-12H;. The first-order valence-corrected chi connectivity index (χ1v) is 2.74. The number of aromatic nitrogens is 8. The van der Waals surface area contributed by atoms with Crippen LogP contribution in [0.5, 0.6) is 0 Å². The quantitative estimate of drug-likeness (QED) is 0.414. The van der Waals surface area contributed by atoms with Crippen molar-refractivity contribution >= 4 is 0 Å². The van der Waals surface area contributed by atoms with Crippen LogP contribution >= 0.6 is 0 Å². The predicted molar refractivity (Wildman–Crippen MR) is 29.0 cm³/mol. The van der Waals surface area contributed by atoms with Gasteiger partial charge in [0.2, 0.25) is 0 Å². The maximum atomic E-state index is 8.91. The summed E-state index contributed by atoms with van der Waals surface area (Å²) >= 11 is 0. The van der Waals surface area contributed by atoms with E-state index in [1.807, 2.05) is 0 Å². The topological polar surface area (TPSA) is 128 Å². The number of tetrazole rings is 2. The maximum Gasteiger partial charge on any atom is 0.264 e. The van der Waals surface area contributed by atoms with Gasteiger partial charge >= 0.3 is 0 Å². The van der Waals surface area contributed by atoms with Gasteiger partial charge in [0, 0.05) is 17.1 Å². The molecule has 0 bridgehead atoms. The Labute approximate surface area is 80.5 Å². The van der Waals surface area contributed by atoms with Gasteiger partial charge in [-0.2, -0.15) is 0 Å². The van der Waals surface area contributed by atoms with Crippen molar-refractivity contribution in [2.24, 2.45) is 0 Å². The van der Waals surface area contributed by atoms with E-state index in [9.17, 15) is 0 Å². The first-order valence-electron chi connectivity index (χ1n) is 2.74. The minimum atomic E-state index is -0.150. The molecule has 2 rings (SSSR count). The van der Waals surface area contributed by atoms with E-state index in [0.717, 1.165) is 0 Å². The Bertz CT molecular complexity index is 356. The molecule has 0 aliphatic rings. The molecule has 2 N–H and O–H groups in total. The molecule has 0 aromatic carbocycles. The van der Waals surface area contributed by atoms with Gasteiger partial charge in [-0.25, -0.2) is 0 Å². The molecule has 0 aliphatic heterocycles. The molecule has 0 saturated heterocycles. The zero-order valence-electron chi connectivity index (χ0n) is 5.83. The van der Waals surface area contributed by atoms with Crippen LogP contribution in [0.3, 0.4) is 0 Å². The molecule has 2 heterocycles. The van der Waals surface area contributed by atoms with E-state index in [1.165, 1.54) is 0 Å². The van der Waals surface area contributed by atoms with Crippen LogP contribution in [0.1, 0.15) is 0 Å². The number of hydrogen-bond donors (Lipinski definition) is 2. The molecule has 0 fully saturated rings. The average Bonchev–Trinajstić information content (AvgIpc) is 2.59. The second kappa shape index (κ2) is 3.33. The van der Waals surface area contributed by atoms with Crippen molar-refractivity contribution in [1.82, 2.24) is 40.7 Å². The first kappa shape index (κ1) is 9.35. The Balaban J connectivity index is 0.000000845. The molecule has 70 valence electrons. The Hall–Kier alpha value is -1.74. The van der Waals surface area contributed by atoms with E-state index in [1.54, 1.807) is 0 Å². The van der Waals surface area contributed by atoms with Gasteiger partial charge in [0.1, 0.15) is 0 Å². The molecule has 0 amide bonds. The second-order valence-electron chi connectivity index (χ2n) is 1.78. The van der Waals surface area contributed by atoms with Crippen LogP contribution in [0.2, 0.25) is 0 Å². The van der Waals surface area contributed by atoms with Gasteiger partial charge in [-0.1, -0.05) is 9.69 Å². The van der Waals surface area contributed by atoms with Gasteiger partial charge in [-0.05, 0) is 20.9 Å². The van der Waals surface area contributed by atoms with Crippen LogP contribution in [-0.4, -0.2) is 51.2 Å². The summed E-state index contributed by atoms with van der Waals surface area (Å²) < 4.78 is 0. The number of rotatable bonds is 1. The van der Waals surface area contributed by atoms with Gasteiger partial charge in [-0.15, -0.1) is 10.2 Å². The molecule has 10 nitrogen and oxygen atoms in total. The normalized spacial score (nSPS) is 9.54. The van der Waals surface area contributed by atoms with Gasteiger partial charge in [0.25, 0.3) is 11.6 Å². The minimum Gasteiger partial charge on any atom is -0.409 e. The molecular weight excluding hydrogens is 224 g/mol. The first-order chi connectivity index (χ1) is 5.79. The molecule has 11 heteroatoms. The summed E-state index contributed by atoms with van der Waals surface area (Å²) in [5, 5.41) is 36.9. The molecule has 0 spiro atoms. The van der Waals surface area contributed by atoms with Gasteiger partial charge in [-0.3, -0.25) is 0 Å². The molecule has 0 radical (unpaired) electrons. The molecule has 13 heavy (non-hydrogen) atoms. The number of hydrogen-bond acceptors (Lipinski definition) is 8. The van der Waals surface area contributed by atoms with Crippen molar-refractivity contribution in [3.05, 3.63) is 0 Å². The van der Waals surface area contributed by atoms with Crippen molar-refractivity contribution in [3.63, 3.8) is 0 Å². The Morgan fingerprint density at radius 3 is 1.46 bits per heavy atom. The largest absolute Gasteiger partial charge is 0.409 e. The van der Waals surface area contributed by atoms with Crippen molar-refractivity contribution in [2.75, 3.05) is 0 Å². The van der Waals surface area contributed by atoms with E-state index in [0.29, 0.717) is 9.69 Å². The third-order valence-corrected chi connectivity index (χ3v) is 1.11. The van der Waals surface area contributed by atoms with E-state index in [2.05, 4.69) is 31.1 Å². The summed E-state index contributed by atoms with van der Waals surface area (Å²) in [4.78, 5) is 0.691. The van der Waals surface area contributed by atoms with Crippen molar-refractivity contribution in [2.45, 2.75) is 0 Å². The van der Waals surface area contributed by atoms with E-state index >= 15 is 0 Å². The van der Waals surface area contributed by atoms with Gasteiger partial charge in [0.15, 0.2) is 0 Å². The monoisotopic (exact) mass is 226 g/mol. The van der Waals surface area contributed by atoms with Crippen molar-refractivity contribution in [3.8, 4) is 11.6 Å². The van der Waals surface area contributed by atoms with E-state index < -0.39 is 0 Å². The van der Waals surface area contributed by atoms with Crippen LogP contribution in [0.25, 0.3) is 11.6 Å². The SMILES string of the molecule is On1nnnc1-c1nnnn1O.[Fe]. The summed E-state index contributed by atoms with van der Waals surface area (Å²) in [7, 11) is 0. The summed E-state index contributed by atoms with van der Waals surface area (Å²) in [6.07, 6.45) is 0. The van der Waals surface area contributed by atoms with Crippen LogP contribution in [-0.2, 0) is 17.1 Å². The molecule has 0 unspecified atom stereocenters. The number of nitrogens with zero attached hydrogens (tertiary/aromatic N) is 8. The van der Waals surface area contributed by atoms with Gasteiger partial charge in [0.05, 0.1) is 0 Å². The zero-order valence-corrected chi connectivity index (χ0v) is 6.93. The molecule has 2 aromatic rings. The summed E-state index contributed by atoms with van der Waals surface area (Å²) in [6.45, 7) is 0. The van der Waals surface area contributed by atoms with Gasteiger partial charge < -0.3 is 10.4 Å². The minimum absolute atomic E-state index is 0. The smallest absolute Gasteiger partial charge is 0.264 e. The summed E-state index contributed by atoms with van der Waals surface area (Å²) in [6, 6.07) is 0. The Morgan fingerprint density at radius 2 is 1.23 bits per heavy atom. The molecule has 0 saturated carbocycles. The fourth-order valence-electron chi connectivity index (χ4n) is 0.634. The molecule has 2 aromatic heterocycles. The zero-order chi connectivity index (χ0) is 8.55. The third kappa shape index (κ3) is 1.41. The Morgan fingerprint density at radius 1 is 0.846 bits per heavy atom. The average molecular weight is 226 g/mol. The molecular formula is C2H2FeN8O2. The van der Waals surface area contributed by atoms with Crippen molar-refractivity contribution in [1.29, 1.82) is 0 Å². The second-order valence-corrected chi connectivity index (χ2v) is 1.78. The summed E-state index contributed by atoms with van der Waals surface area (Å²) in [5.74, 6) is -0.301. The fourth-order valence-corrected chi connectivity index (χ4v) is 0.634. The molecule has 0 aliphatic carbocycles. The van der Waals surface area contributed by atoms with Crippen LogP contribution < -0.4 is 0 Å². The van der Waals surface area contributed by atoms with Crippen LogP contribution in [0, 0.1) is 0 Å². The third-order valence-electron chi connectivity index (χ3n) is 1.11. The summed E-state index contributed by atoms with van der Waals surface area (Å²) in [5.41, 5.74) is 0. The van der Waals surface area contributed by atoms with Crippen LogP contribution in [0.4, 0.5) is 0 Å².